The van der Waals surface area contributed by atoms with Crippen LogP contribution in [0.1, 0.15) is 42.5 Å². The van der Waals surface area contributed by atoms with Gasteiger partial charge >= 0.3 is 0 Å². The Morgan fingerprint density at radius 2 is 1.95 bits per heavy atom. The van der Waals surface area contributed by atoms with Gasteiger partial charge in [0.15, 0.2) is 0 Å². The highest BCUT2D eigenvalue weighted by molar-refractivity contribution is 14.1. The molecule has 0 spiro atoms. The topological polar surface area (TPSA) is 58.2 Å². The summed E-state index contributed by atoms with van der Waals surface area (Å²) in [4.78, 5) is 23.7. The molecular weight excluding hydrogens is 391 g/mol. The zero-order chi connectivity index (χ0) is 15.8. The number of hydrogen-bond acceptors (Lipinski definition) is 2. The van der Waals surface area contributed by atoms with E-state index in [0.29, 0.717) is 12.1 Å². The quantitative estimate of drug-likeness (QED) is 0.558. The Morgan fingerprint density at radius 3 is 2.68 bits per heavy atom. The summed E-state index contributed by atoms with van der Waals surface area (Å²) in [7, 11) is 0. The SMILES string of the molecule is O=C(CNC(=O)c1ccccc1I)NCCC1=CCCCC1. The second kappa shape index (κ2) is 8.92. The lowest BCUT2D eigenvalue weighted by atomic mass is 9.97. The van der Waals surface area contributed by atoms with Crippen molar-refractivity contribution >= 4 is 34.4 Å². The highest BCUT2D eigenvalue weighted by atomic mass is 127. The van der Waals surface area contributed by atoms with Gasteiger partial charge in [-0.15, -0.1) is 0 Å². The van der Waals surface area contributed by atoms with Crippen molar-refractivity contribution in [3.63, 3.8) is 0 Å². The van der Waals surface area contributed by atoms with Crippen molar-refractivity contribution < 1.29 is 9.59 Å². The summed E-state index contributed by atoms with van der Waals surface area (Å²) in [5.74, 6) is -0.356. The maximum atomic E-state index is 12.0. The second-order valence-corrected chi connectivity index (χ2v) is 6.53. The van der Waals surface area contributed by atoms with Crippen LogP contribution in [0, 0.1) is 3.57 Å². The highest BCUT2D eigenvalue weighted by Crippen LogP contribution is 2.19. The number of allylic oxidation sites excluding steroid dienone is 1. The first-order valence-corrected chi connectivity index (χ1v) is 8.72. The maximum Gasteiger partial charge on any atom is 0.252 e. The van der Waals surface area contributed by atoms with E-state index in [1.807, 2.05) is 18.2 Å². The number of halogens is 1. The van der Waals surface area contributed by atoms with Gasteiger partial charge in [-0.3, -0.25) is 9.59 Å². The number of rotatable bonds is 6. The van der Waals surface area contributed by atoms with Crippen molar-refractivity contribution in [3.05, 3.63) is 45.0 Å². The van der Waals surface area contributed by atoms with Crippen LogP contribution in [0.5, 0.6) is 0 Å². The number of carbonyl (C=O) groups excluding carboxylic acids is 2. The van der Waals surface area contributed by atoms with Crippen LogP contribution >= 0.6 is 22.6 Å². The molecular formula is C17H21IN2O2. The van der Waals surface area contributed by atoms with Crippen LogP contribution in [-0.2, 0) is 4.79 Å². The molecule has 0 aliphatic heterocycles. The lowest BCUT2D eigenvalue weighted by Gasteiger charge is -2.13. The molecule has 5 heteroatoms. The van der Waals surface area contributed by atoms with Crippen LogP contribution in [0.15, 0.2) is 35.9 Å². The lowest BCUT2D eigenvalue weighted by molar-refractivity contribution is -0.120. The molecule has 118 valence electrons. The van der Waals surface area contributed by atoms with Crippen LogP contribution in [0.25, 0.3) is 0 Å². The molecule has 0 bridgehead atoms. The van der Waals surface area contributed by atoms with Gasteiger partial charge in [-0.05, 0) is 66.8 Å². The van der Waals surface area contributed by atoms with Crippen LogP contribution in [0.2, 0.25) is 0 Å². The summed E-state index contributed by atoms with van der Waals surface area (Å²) < 4.78 is 0.877. The first-order chi connectivity index (χ1) is 10.7. The number of hydrogen-bond donors (Lipinski definition) is 2. The highest BCUT2D eigenvalue weighted by Gasteiger charge is 2.10. The fourth-order valence-electron chi connectivity index (χ4n) is 2.46. The fourth-order valence-corrected chi connectivity index (χ4v) is 3.09. The molecule has 1 aromatic carbocycles. The van der Waals surface area contributed by atoms with E-state index in [-0.39, 0.29) is 18.4 Å². The first-order valence-electron chi connectivity index (χ1n) is 7.64. The van der Waals surface area contributed by atoms with E-state index in [2.05, 4.69) is 39.3 Å². The first kappa shape index (κ1) is 17.0. The smallest absolute Gasteiger partial charge is 0.252 e. The average Bonchev–Trinajstić information content (AvgIpc) is 2.54. The van der Waals surface area contributed by atoms with Crippen molar-refractivity contribution in [2.24, 2.45) is 0 Å². The molecule has 0 saturated heterocycles. The molecule has 0 aromatic heterocycles. The molecule has 0 fully saturated rings. The van der Waals surface area contributed by atoms with Crippen LogP contribution < -0.4 is 10.6 Å². The van der Waals surface area contributed by atoms with Gasteiger partial charge in [0.25, 0.3) is 5.91 Å². The zero-order valence-electron chi connectivity index (χ0n) is 12.5. The summed E-state index contributed by atoms with van der Waals surface area (Å²) in [6, 6.07) is 7.32. The molecule has 0 saturated carbocycles. The summed E-state index contributed by atoms with van der Waals surface area (Å²) in [6.45, 7) is 0.659. The van der Waals surface area contributed by atoms with Crippen LogP contribution in [0.3, 0.4) is 0 Å². The van der Waals surface area contributed by atoms with E-state index in [4.69, 9.17) is 0 Å². The summed E-state index contributed by atoms with van der Waals surface area (Å²) >= 11 is 2.11. The van der Waals surface area contributed by atoms with Gasteiger partial charge in [0, 0.05) is 10.1 Å². The van der Waals surface area contributed by atoms with Crippen molar-refractivity contribution in [3.8, 4) is 0 Å². The Bertz CT molecular complexity index is 570. The number of benzene rings is 1. The number of nitrogens with one attached hydrogen (secondary N) is 2. The Morgan fingerprint density at radius 1 is 1.14 bits per heavy atom. The Kier molecular flexibility index (Phi) is 6.89. The Labute approximate surface area is 144 Å². The summed E-state index contributed by atoms with van der Waals surface area (Å²) in [6.07, 6.45) is 8.05. The monoisotopic (exact) mass is 412 g/mol. The standard InChI is InChI=1S/C17H21IN2O2/c18-15-9-5-4-8-14(15)17(22)20-12-16(21)19-11-10-13-6-2-1-3-7-13/h4-6,8-9H,1-3,7,10-12H2,(H,19,21)(H,20,22). The van der Waals surface area contributed by atoms with Gasteiger partial charge in [-0.1, -0.05) is 23.8 Å². The van der Waals surface area contributed by atoms with Gasteiger partial charge < -0.3 is 10.6 Å². The van der Waals surface area contributed by atoms with E-state index in [0.717, 1.165) is 22.8 Å². The van der Waals surface area contributed by atoms with Crippen molar-refractivity contribution in [2.45, 2.75) is 32.1 Å². The third-order valence-corrected chi connectivity index (χ3v) is 4.62. The molecule has 2 amide bonds. The van der Waals surface area contributed by atoms with E-state index in [9.17, 15) is 9.59 Å². The summed E-state index contributed by atoms with van der Waals surface area (Å²) in [5.41, 5.74) is 2.04. The minimum Gasteiger partial charge on any atom is -0.354 e. The molecule has 4 nitrogen and oxygen atoms in total. The second-order valence-electron chi connectivity index (χ2n) is 5.37. The van der Waals surface area contributed by atoms with Crippen molar-refractivity contribution in [2.75, 3.05) is 13.1 Å². The molecule has 0 radical (unpaired) electrons. The zero-order valence-corrected chi connectivity index (χ0v) is 14.7. The van der Waals surface area contributed by atoms with Gasteiger partial charge in [0.1, 0.15) is 0 Å². The van der Waals surface area contributed by atoms with Gasteiger partial charge in [-0.2, -0.15) is 0 Å². The van der Waals surface area contributed by atoms with E-state index >= 15 is 0 Å². The van der Waals surface area contributed by atoms with Crippen molar-refractivity contribution in [1.29, 1.82) is 0 Å². The number of carbonyl (C=O) groups is 2. The third kappa shape index (κ3) is 5.44. The molecule has 2 rings (SSSR count). The molecule has 2 N–H and O–H groups in total. The number of amides is 2. The van der Waals surface area contributed by atoms with Crippen LogP contribution in [-0.4, -0.2) is 24.9 Å². The molecule has 1 aliphatic rings. The average molecular weight is 412 g/mol. The van der Waals surface area contributed by atoms with E-state index in [1.54, 1.807) is 6.07 Å². The maximum absolute atomic E-state index is 12.0. The van der Waals surface area contributed by atoms with E-state index < -0.39 is 0 Å². The minimum absolute atomic E-state index is 0.0167. The van der Waals surface area contributed by atoms with E-state index in [1.165, 1.54) is 18.4 Å². The molecule has 22 heavy (non-hydrogen) atoms. The molecule has 1 aromatic rings. The minimum atomic E-state index is -0.213. The van der Waals surface area contributed by atoms with Crippen LogP contribution in [0.4, 0.5) is 0 Å². The Balaban J connectivity index is 1.68. The molecule has 0 heterocycles. The molecule has 0 unspecified atom stereocenters. The Hall–Kier alpha value is -1.37. The predicted molar refractivity (Wildman–Crippen MR) is 95.7 cm³/mol. The van der Waals surface area contributed by atoms with Gasteiger partial charge in [0.05, 0.1) is 12.1 Å². The predicted octanol–water partition coefficient (Wildman–Crippen LogP) is 3.03. The van der Waals surface area contributed by atoms with Gasteiger partial charge in [0.2, 0.25) is 5.91 Å². The normalized spacial score (nSPS) is 14.1. The van der Waals surface area contributed by atoms with Crippen molar-refractivity contribution in [1.82, 2.24) is 10.6 Å². The largest absolute Gasteiger partial charge is 0.354 e. The van der Waals surface area contributed by atoms with Gasteiger partial charge in [-0.25, -0.2) is 0 Å². The lowest BCUT2D eigenvalue weighted by Crippen LogP contribution is -2.37. The molecule has 1 aliphatic carbocycles. The molecule has 0 atom stereocenters. The third-order valence-electron chi connectivity index (χ3n) is 3.68. The fraction of sp³-hybridized carbons (Fsp3) is 0.412. The summed E-state index contributed by atoms with van der Waals surface area (Å²) in [5, 5.41) is 5.51.